The van der Waals surface area contributed by atoms with Crippen LogP contribution in [0.25, 0.3) is 0 Å². The van der Waals surface area contributed by atoms with E-state index in [1.165, 1.54) is 0 Å². The molecular weight excluding hydrogens is 228 g/mol. The molecule has 2 fully saturated rings. The minimum Gasteiger partial charge on any atom is -0.336 e. The van der Waals surface area contributed by atoms with Crippen molar-refractivity contribution < 1.29 is 4.79 Å². The quantitative estimate of drug-likeness (QED) is 0.786. The Bertz CT molecular complexity index is 410. The third-order valence-electron chi connectivity index (χ3n) is 3.79. The predicted octanol–water partition coefficient (Wildman–Crippen LogP) is -0.189. The molecule has 5 nitrogen and oxygen atoms in total. The second-order valence-electron chi connectivity index (χ2n) is 4.88. The van der Waals surface area contributed by atoms with Crippen LogP contribution >= 0.6 is 0 Å². The lowest BCUT2D eigenvalue weighted by Gasteiger charge is -2.43. The Hall–Kier alpha value is -1.46. The summed E-state index contributed by atoms with van der Waals surface area (Å²) in [4.78, 5) is 20.6. The molecule has 0 saturated carbocycles. The molecule has 3 heterocycles. The van der Waals surface area contributed by atoms with Gasteiger partial charge in [0.15, 0.2) is 0 Å². The van der Waals surface area contributed by atoms with E-state index >= 15 is 0 Å². The number of hydrogen-bond donors (Lipinski definition) is 1. The summed E-state index contributed by atoms with van der Waals surface area (Å²) in [6.07, 6.45) is 3.34. The standard InChI is InChI=1S/C13H18N4O/c18-13(11-2-1-3-14-8-11)17-6-4-16(5-7-17)12-9-15-10-12/h1-3,8,12,15H,4-7,9-10H2. The second-order valence-corrected chi connectivity index (χ2v) is 4.88. The minimum atomic E-state index is 0.106. The van der Waals surface area contributed by atoms with Crippen LogP contribution in [0.3, 0.4) is 0 Å². The maximum atomic E-state index is 12.2. The van der Waals surface area contributed by atoms with Crippen LogP contribution in [-0.2, 0) is 0 Å². The lowest BCUT2D eigenvalue weighted by Crippen LogP contribution is -2.62. The Morgan fingerprint density at radius 1 is 1.28 bits per heavy atom. The molecule has 0 spiro atoms. The fraction of sp³-hybridized carbons (Fsp3) is 0.538. The van der Waals surface area contributed by atoms with Crippen molar-refractivity contribution in [3.8, 4) is 0 Å². The zero-order valence-corrected chi connectivity index (χ0v) is 10.4. The summed E-state index contributed by atoms with van der Waals surface area (Å²) in [7, 11) is 0. The van der Waals surface area contributed by atoms with Gasteiger partial charge in [0.2, 0.25) is 0 Å². The highest BCUT2D eigenvalue weighted by molar-refractivity contribution is 5.93. The molecule has 3 rings (SSSR count). The number of nitrogens with one attached hydrogen (secondary N) is 1. The van der Waals surface area contributed by atoms with Crippen LogP contribution in [0.1, 0.15) is 10.4 Å². The Kier molecular flexibility index (Phi) is 3.25. The highest BCUT2D eigenvalue weighted by Gasteiger charge is 2.29. The molecule has 1 N–H and O–H groups in total. The van der Waals surface area contributed by atoms with Crippen molar-refractivity contribution in [2.45, 2.75) is 6.04 Å². The smallest absolute Gasteiger partial charge is 0.255 e. The largest absolute Gasteiger partial charge is 0.336 e. The molecule has 0 aliphatic carbocycles. The molecule has 1 amide bonds. The first-order valence-electron chi connectivity index (χ1n) is 6.48. The zero-order valence-electron chi connectivity index (χ0n) is 10.4. The molecule has 0 atom stereocenters. The van der Waals surface area contributed by atoms with Gasteiger partial charge < -0.3 is 10.2 Å². The predicted molar refractivity (Wildman–Crippen MR) is 68.4 cm³/mol. The first kappa shape index (κ1) is 11.6. The van der Waals surface area contributed by atoms with Crippen LogP contribution in [-0.4, -0.2) is 66.0 Å². The molecule has 96 valence electrons. The Morgan fingerprint density at radius 3 is 2.61 bits per heavy atom. The van der Waals surface area contributed by atoms with E-state index in [2.05, 4.69) is 15.2 Å². The van der Waals surface area contributed by atoms with E-state index in [0.29, 0.717) is 11.6 Å². The van der Waals surface area contributed by atoms with Crippen LogP contribution in [0.5, 0.6) is 0 Å². The number of pyridine rings is 1. The molecule has 5 heteroatoms. The lowest BCUT2D eigenvalue weighted by atomic mass is 10.1. The number of amides is 1. The van der Waals surface area contributed by atoms with E-state index in [4.69, 9.17) is 0 Å². The average molecular weight is 246 g/mol. The van der Waals surface area contributed by atoms with Crippen LogP contribution in [0.15, 0.2) is 24.5 Å². The summed E-state index contributed by atoms with van der Waals surface area (Å²) >= 11 is 0. The van der Waals surface area contributed by atoms with Gasteiger partial charge in [-0.1, -0.05) is 0 Å². The molecule has 18 heavy (non-hydrogen) atoms. The highest BCUT2D eigenvalue weighted by atomic mass is 16.2. The maximum Gasteiger partial charge on any atom is 0.255 e. The normalized spacial score (nSPS) is 21.7. The van der Waals surface area contributed by atoms with E-state index in [1.807, 2.05) is 17.0 Å². The molecule has 0 radical (unpaired) electrons. The zero-order chi connectivity index (χ0) is 12.4. The molecule has 1 aromatic heterocycles. The molecule has 0 aromatic carbocycles. The Balaban J connectivity index is 1.57. The molecule has 1 aromatic rings. The SMILES string of the molecule is O=C(c1cccnc1)N1CCN(C2CNC2)CC1. The van der Waals surface area contributed by atoms with Crippen molar-refractivity contribution >= 4 is 5.91 Å². The van der Waals surface area contributed by atoms with Crippen molar-refractivity contribution in [2.24, 2.45) is 0 Å². The lowest BCUT2D eigenvalue weighted by molar-refractivity contribution is 0.0502. The van der Waals surface area contributed by atoms with E-state index in [-0.39, 0.29) is 5.91 Å². The van der Waals surface area contributed by atoms with Gasteiger partial charge in [0.05, 0.1) is 5.56 Å². The van der Waals surface area contributed by atoms with Gasteiger partial charge in [-0.2, -0.15) is 0 Å². The van der Waals surface area contributed by atoms with Crippen molar-refractivity contribution in [3.63, 3.8) is 0 Å². The fourth-order valence-corrected chi connectivity index (χ4v) is 2.49. The summed E-state index contributed by atoms with van der Waals surface area (Å²) in [5, 5.41) is 3.29. The number of rotatable bonds is 2. The van der Waals surface area contributed by atoms with Gasteiger partial charge >= 0.3 is 0 Å². The Morgan fingerprint density at radius 2 is 2.06 bits per heavy atom. The van der Waals surface area contributed by atoms with Crippen molar-refractivity contribution in [1.82, 2.24) is 20.1 Å². The second kappa shape index (κ2) is 5.04. The first-order chi connectivity index (χ1) is 8.84. The van der Waals surface area contributed by atoms with Gasteiger partial charge in [0, 0.05) is 57.7 Å². The minimum absolute atomic E-state index is 0.106. The highest BCUT2D eigenvalue weighted by Crippen LogP contribution is 2.12. The molecule has 2 aliphatic rings. The van der Waals surface area contributed by atoms with E-state index in [9.17, 15) is 4.79 Å². The number of carbonyl (C=O) groups is 1. The number of carbonyl (C=O) groups excluding carboxylic acids is 1. The van der Waals surface area contributed by atoms with Gasteiger partial charge in [-0.05, 0) is 12.1 Å². The van der Waals surface area contributed by atoms with Gasteiger partial charge in [-0.25, -0.2) is 0 Å². The Labute approximate surface area is 107 Å². The molecule has 2 aliphatic heterocycles. The molecule has 0 bridgehead atoms. The van der Waals surface area contributed by atoms with Crippen LogP contribution in [0.2, 0.25) is 0 Å². The van der Waals surface area contributed by atoms with E-state index in [1.54, 1.807) is 12.4 Å². The van der Waals surface area contributed by atoms with Gasteiger partial charge in [-0.15, -0.1) is 0 Å². The summed E-state index contributed by atoms with van der Waals surface area (Å²) in [5.41, 5.74) is 0.691. The maximum absolute atomic E-state index is 12.2. The third-order valence-corrected chi connectivity index (χ3v) is 3.79. The monoisotopic (exact) mass is 246 g/mol. The summed E-state index contributed by atoms with van der Waals surface area (Å²) in [6, 6.07) is 4.32. The molecule has 2 saturated heterocycles. The molecule has 0 unspecified atom stereocenters. The van der Waals surface area contributed by atoms with Crippen molar-refractivity contribution in [1.29, 1.82) is 0 Å². The topological polar surface area (TPSA) is 48.5 Å². The summed E-state index contributed by atoms with van der Waals surface area (Å²) < 4.78 is 0. The van der Waals surface area contributed by atoms with Crippen molar-refractivity contribution in [2.75, 3.05) is 39.3 Å². The summed E-state index contributed by atoms with van der Waals surface area (Å²) in [5.74, 6) is 0.106. The third kappa shape index (κ3) is 2.23. The van der Waals surface area contributed by atoms with Gasteiger partial charge in [0.1, 0.15) is 0 Å². The number of piperazine rings is 1. The number of nitrogens with zero attached hydrogens (tertiary/aromatic N) is 3. The van der Waals surface area contributed by atoms with Gasteiger partial charge in [0.25, 0.3) is 5.91 Å². The van der Waals surface area contributed by atoms with Gasteiger partial charge in [-0.3, -0.25) is 14.7 Å². The average Bonchev–Trinajstić information content (AvgIpc) is 2.38. The molecular formula is C13H18N4O. The summed E-state index contributed by atoms with van der Waals surface area (Å²) in [6.45, 7) is 5.80. The number of hydrogen-bond acceptors (Lipinski definition) is 4. The number of aromatic nitrogens is 1. The first-order valence-corrected chi connectivity index (χ1v) is 6.48. The van der Waals surface area contributed by atoms with E-state index < -0.39 is 0 Å². The van der Waals surface area contributed by atoms with Crippen LogP contribution in [0.4, 0.5) is 0 Å². The van der Waals surface area contributed by atoms with Crippen molar-refractivity contribution in [3.05, 3.63) is 30.1 Å². The van der Waals surface area contributed by atoms with Crippen LogP contribution in [0, 0.1) is 0 Å². The van der Waals surface area contributed by atoms with Crippen LogP contribution < -0.4 is 5.32 Å². The fourth-order valence-electron chi connectivity index (χ4n) is 2.49. The van der Waals surface area contributed by atoms with E-state index in [0.717, 1.165) is 39.3 Å².